The molecule has 0 N–H and O–H groups in total. The van der Waals surface area contributed by atoms with E-state index in [1.165, 1.54) is 44.4 Å². The van der Waals surface area contributed by atoms with Gasteiger partial charge < -0.3 is 8.98 Å². The summed E-state index contributed by atoms with van der Waals surface area (Å²) in [6, 6.07) is 36.5. The Balaban J connectivity index is 1.22. The van der Waals surface area contributed by atoms with Gasteiger partial charge in [-0.2, -0.15) is 0 Å². The fourth-order valence-electron chi connectivity index (χ4n) is 8.73. The predicted molar refractivity (Wildman–Crippen MR) is 207 cm³/mol. The number of rotatable bonds is 4. The molecule has 0 unspecified atom stereocenters. The molecule has 5 aromatic carbocycles. The Bertz CT molecular complexity index is 2880. The molecule has 0 radical (unpaired) electrons. The Morgan fingerprint density at radius 2 is 1.47 bits per heavy atom. The zero-order chi connectivity index (χ0) is 33.8. The van der Waals surface area contributed by atoms with Crippen LogP contribution in [-0.2, 0) is 11.8 Å². The minimum absolute atomic E-state index is 0.0745. The van der Waals surface area contributed by atoms with E-state index < -0.39 is 0 Å². The van der Waals surface area contributed by atoms with Crippen molar-refractivity contribution in [2.75, 3.05) is 0 Å². The molecule has 3 aliphatic carbocycles. The fourth-order valence-corrected chi connectivity index (χ4v) is 8.73. The van der Waals surface area contributed by atoms with E-state index in [1.807, 2.05) is 30.3 Å². The lowest BCUT2D eigenvalue weighted by Crippen LogP contribution is -2.14. The first-order chi connectivity index (χ1) is 25.0. The van der Waals surface area contributed by atoms with Crippen LogP contribution in [0.2, 0.25) is 0 Å². The van der Waals surface area contributed by atoms with Gasteiger partial charge in [0.25, 0.3) is 0 Å². The molecule has 0 saturated carbocycles. The van der Waals surface area contributed by atoms with Crippen LogP contribution in [0.5, 0.6) is 0 Å². The highest BCUT2D eigenvalue weighted by Crippen LogP contribution is 2.53. The van der Waals surface area contributed by atoms with Crippen LogP contribution < -0.4 is 0 Å². The fraction of sp³-hybridized carbons (Fsp3) is 0.109. The molecule has 0 atom stereocenters. The molecular weight excluding hydrogens is 625 g/mol. The third-order valence-corrected chi connectivity index (χ3v) is 11.1. The van der Waals surface area contributed by atoms with Crippen LogP contribution >= 0.6 is 0 Å². The summed E-state index contributed by atoms with van der Waals surface area (Å²) in [5.41, 5.74) is 14.8. The highest BCUT2D eigenvalue weighted by molar-refractivity contribution is 6.13. The van der Waals surface area contributed by atoms with E-state index in [-0.39, 0.29) is 5.41 Å². The maximum absolute atomic E-state index is 6.66. The van der Waals surface area contributed by atoms with E-state index in [0.717, 1.165) is 57.2 Å². The van der Waals surface area contributed by atoms with Crippen molar-refractivity contribution in [2.45, 2.75) is 32.1 Å². The second-order valence-corrected chi connectivity index (χ2v) is 14.3. The summed E-state index contributed by atoms with van der Waals surface area (Å²) in [7, 11) is 0. The van der Waals surface area contributed by atoms with E-state index in [4.69, 9.17) is 19.4 Å². The minimum Gasteiger partial charge on any atom is -0.456 e. The van der Waals surface area contributed by atoms with Crippen LogP contribution in [-0.4, -0.2) is 19.5 Å². The average Bonchev–Trinajstić information content (AvgIpc) is 4.00. The Morgan fingerprint density at radius 3 is 2.35 bits per heavy atom. The van der Waals surface area contributed by atoms with Gasteiger partial charge in [-0.3, -0.25) is 0 Å². The third kappa shape index (κ3) is 4.00. The van der Waals surface area contributed by atoms with Crippen molar-refractivity contribution in [3.8, 4) is 39.6 Å². The SMILES string of the molecule is CC1(C)c2ccccc2-c2c1ccc1c2c2c(n1-c1cc(-c3nc(C4=CC=CC4)nc(-c4ccccc4)n3)c3c(c1)oc1ccccc13)CC=C2. The van der Waals surface area contributed by atoms with Gasteiger partial charge in [-0.1, -0.05) is 123 Å². The second-order valence-electron chi connectivity index (χ2n) is 14.3. The van der Waals surface area contributed by atoms with Gasteiger partial charge in [-0.15, -0.1) is 0 Å². The first-order valence-electron chi connectivity index (χ1n) is 17.7. The zero-order valence-corrected chi connectivity index (χ0v) is 28.3. The molecule has 5 heteroatoms. The van der Waals surface area contributed by atoms with Crippen molar-refractivity contribution in [1.82, 2.24) is 19.5 Å². The van der Waals surface area contributed by atoms with Crippen molar-refractivity contribution in [3.63, 3.8) is 0 Å². The number of furan rings is 1. The van der Waals surface area contributed by atoms with Gasteiger partial charge in [0.15, 0.2) is 17.5 Å². The summed E-state index contributed by atoms with van der Waals surface area (Å²) >= 11 is 0. The Kier molecular flexibility index (Phi) is 5.78. The smallest absolute Gasteiger partial charge is 0.164 e. The number of allylic oxidation sites excluding steroid dienone is 5. The number of nitrogens with zero attached hydrogens (tertiary/aromatic N) is 4. The molecular formula is C46H32N4O. The standard InChI is InChI=1S/C46H32N4O/c1-46(2)34-20-10-8-17-30(34)41-35(46)23-24-37-42(41)31-19-12-21-36(31)50(37)29-25-33(40-32-18-9-11-22-38(32)51-39(40)26-29)45-48-43(27-13-4-3-5-14-27)47-44(49-45)28-15-6-7-16-28/h3-15,17-20,22-26H,16,21H2,1-2H3. The third-order valence-electron chi connectivity index (χ3n) is 11.1. The Labute approximate surface area is 295 Å². The highest BCUT2D eigenvalue weighted by Gasteiger charge is 2.38. The lowest BCUT2D eigenvalue weighted by molar-refractivity contribution is 0.661. The van der Waals surface area contributed by atoms with Crippen molar-refractivity contribution in [1.29, 1.82) is 0 Å². The van der Waals surface area contributed by atoms with Crippen LogP contribution in [0.3, 0.4) is 0 Å². The van der Waals surface area contributed by atoms with Gasteiger partial charge in [0.2, 0.25) is 0 Å². The first-order valence-corrected chi connectivity index (χ1v) is 17.7. The molecule has 0 fully saturated rings. The molecule has 0 saturated heterocycles. The molecule has 3 aromatic heterocycles. The van der Waals surface area contributed by atoms with Gasteiger partial charge >= 0.3 is 0 Å². The lowest BCUT2D eigenvalue weighted by Gasteiger charge is -2.21. The van der Waals surface area contributed by atoms with Gasteiger partial charge in [0.1, 0.15) is 11.2 Å². The number of hydrogen-bond donors (Lipinski definition) is 0. The molecule has 8 aromatic rings. The molecule has 0 amide bonds. The summed E-state index contributed by atoms with van der Waals surface area (Å²) in [5.74, 6) is 1.99. The summed E-state index contributed by atoms with van der Waals surface area (Å²) in [6.07, 6.45) is 12.6. The van der Waals surface area contributed by atoms with Crippen molar-refractivity contribution in [3.05, 3.63) is 156 Å². The van der Waals surface area contributed by atoms with Crippen LogP contribution in [0.4, 0.5) is 0 Å². The van der Waals surface area contributed by atoms with Gasteiger partial charge in [-0.25, -0.2) is 15.0 Å². The van der Waals surface area contributed by atoms with Crippen LogP contribution in [0.25, 0.3) is 84.1 Å². The topological polar surface area (TPSA) is 56.7 Å². The number of aromatic nitrogens is 4. The van der Waals surface area contributed by atoms with E-state index >= 15 is 0 Å². The van der Waals surface area contributed by atoms with Crippen molar-refractivity contribution in [2.24, 2.45) is 0 Å². The number of benzene rings is 5. The summed E-state index contributed by atoms with van der Waals surface area (Å²) < 4.78 is 9.10. The summed E-state index contributed by atoms with van der Waals surface area (Å²) in [4.78, 5) is 15.4. The molecule has 5 nitrogen and oxygen atoms in total. The first kappa shape index (κ1) is 28.5. The van der Waals surface area contributed by atoms with Crippen molar-refractivity contribution < 1.29 is 4.42 Å². The molecule has 0 spiro atoms. The largest absolute Gasteiger partial charge is 0.456 e. The summed E-state index contributed by atoms with van der Waals surface area (Å²) in [5, 5.41) is 3.36. The molecule has 0 bridgehead atoms. The lowest BCUT2D eigenvalue weighted by atomic mass is 9.82. The molecule has 3 aliphatic rings. The maximum atomic E-state index is 6.66. The zero-order valence-electron chi connectivity index (χ0n) is 28.3. The van der Waals surface area contributed by atoms with E-state index in [0.29, 0.717) is 17.5 Å². The normalized spacial score (nSPS) is 15.2. The number of hydrogen-bond acceptors (Lipinski definition) is 4. The van der Waals surface area contributed by atoms with E-state index in [9.17, 15) is 0 Å². The van der Waals surface area contributed by atoms with Crippen molar-refractivity contribution >= 4 is 44.5 Å². The van der Waals surface area contributed by atoms with E-state index in [2.05, 4.69) is 122 Å². The quantitative estimate of drug-likeness (QED) is 0.189. The molecule has 0 aliphatic heterocycles. The van der Waals surface area contributed by atoms with Gasteiger partial charge in [0.05, 0.1) is 11.2 Å². The van der Waals surface area contributed by atoms with Crippen LogP contribution in [0.1, 0.15) is 48.5 Å². The average molecular weight is 657 g/mol. The predicted octanol–water partition coefficient (Wildman–Crippen LogP) is 11.3. The molecule has 3 heterocycles. The van der Waals surface area contributed by atoms with Crippen LogP contribution in [0, 0.1) is 0 Å². The number of para-hydroxylation sites is 1. The van der Waals surface area contributed by atoms with E-state index in [1.54, 1.807) is 0 Å². The second kappa shape index (κ2) is 10.3. The Hall–Kier alpha value is -6.33. The molecule has 242 valence electrons. The van der Waals surface area contributed by atoms with Crippen LogP contribution in [0.15, 0.2) is 132 Å². The number of fused-ring (bicyclic) bond motifs is 10. The monoisotopic (exact) mass is 656 g/mol. The van der Waals surface area contributed by atoms with Gasteiger partial charge in [0, 0.05) is 62.0 Å². The highest BCUT2D eigenvalue weighted by atomic mass is 16.3. The molecule has 51 heavy (non-hydrogen) atoms. The van der Waals surface area contributed by atoms with Gasteiger partial charge in [-0.05, 0) is 46.9 Å². The minimum atomic E-state index is -0.0745. The Morgan fingerprint density at radius 1 is 0.667 bits per heavy atom. The maximum Gasteiger partial charge on any atom is 0.164 e. The molecule has 11 rings (SSSR count). The summed E-state index contributed by atoms with van der Waals surface area (Å²) in [6.45, 7) is 4.70.